The van der Waals surface area contributed by atoms with E-state index in [9.17, 15) is 9.59 Å². The second-order valence-corrected chi connectivity index (χ2v) is 5.85. The fourth-order valence-electron chi connectivity index (χ4n) is 2.91. The highest BCUT2D eigenvalue weighted by molar-refractivity contribution is 5.82. The lowest BCUT2D eigenvalue weighted by Gasteiger charge is -2.35. The van der Waals surface area contributed by atoms with Crippen LogP contribution in [-0.2, 0) is 19.0 Å². The van der Waals surface area contributed by atoms with Crippen LogP contribution in [0.25, 0.3) is 0 Å². The number of hydrogen-bond acceptors (Lipinski definition) is 5. The first-order valence-electron chi connectivity index (χ1n) is 7.31. The summed E-state index contributed by atoms with van der Waals surface area (Å²) < 4.78 is 15.0. The monoisotopic (exact) mass is 286 g/mol. The summed E-state index contributed by atoms with van der Waals surface area (Å²) in [6.07, 6.45) is 4.32. The second-order valence-electron chi connectivity index (χ2n) is 5.85. The fourth-order valence-corrected chi connectivity index (χ4v) is 2.91. The number of hydrogen-bond donors (Lipinski definition) is 0. The molecular weight excluding hydrogens is 260 g/mol. The van der Waals surface area contributed by atoms with Gasteiger partial charge in [0.05, 0.1) is 14.2 Å². The molecule has 1 atom stereocenters. The summed E-state index contributed by atoms with van der Waals surface area (Å²) in [7, 11) is 2.59. The predicted octanol–water partition coefficient (Wildman–Crippen LogP) is 3.31. The van der Waals surface area contributed by atoms with Crippen LogP contribution in [-0.4, -0.2) is 31.9 Å². The number of rotatable bonds is 6. The number of esters is 1. The molecular formula is C15H26O5. The van der Waals surface area contributed by atoms with Crippen molar-refractivity contribution in [3.63, 3.8) is 0 Å². The van der Waals surface area contributed by atoms with Crippen LogP contribution in [0.15, 0.2) is 0 Å². The molecule has 1 aliphatic rings. The predicted molar refractivity (Wildman–Crippen MR) is 74.3 cm³/mol. The van der Waals surface area contributed by atoms with Gasteiger partial charge in [-0.2, -0.15) is 0 Å². The van der Waals surface area contributed by atoms with E-state index >= 15 is 0 Å². The molecule has 0 saturated heterocycles. The number of carbonyl (C=O) groups is 2. The van der Waals surface area contributed by atoms with Crippen molar-refractivity contribution in [3.05, 3.63) is 0 Å². The van der Waals surface area contributed by atoms with Gasteiger partial charge in [-0.3, -0.25) is 0 Å². The van der Waals surface area contributed by atoms with E-state index in [4.69, 9.17) is 9.47 Å². The van der Waals surface area contributed by atoms with Gasteiger partial charge in [0, 0.05) is 5.92 Å². The van der Waals surface area contributed by atoms with Gasteiger partial charge in [0.2, 0.25) is 5.60 Å². The molecule has 1 unspecified atom stereocenters. The third-order valence-electron chi connectivity index (χ3n) is 4.07. The molecule has 0 radical (unpaired) electrons. The summed E-state index contributed by atoms with van der Waals surface area (Å²) >= 11 is 0. The van der Waals surface area contributed by atoms with E-state index in [0.717, 1.165) is 32.1 Å². The van der Waals surface area contributed by atoms with E-state index in [1.807, 2.05) is 0 Å². The summed E-state index contributed by atoms with van der Waals surface area (Å²) in [6.45, 7) is 4.16. The highest BCUT2D eigenvalue weighted by Crippen LogP contribution is 2.41. The van der Waals surface area contributed by atoms with Crippen LogP contribution >= 0.6 is 0 Å². The van der Waals surface area contributed by atoms with E-state index in [1.165, 1.54) is 14.2 Å². The Morgan fingerprint density at radius 1 is 1.15 bits per heavy atom. The van der Waals surface area contributed by atoms with Crippen molar-refractivity contribution < 1.29 is 23.8 Å². The van der Waals surface area contributed by atoms with Gasteiger partial charge in [0.1, 0.15) is 0 Å². The minimum absolute atomic E-state index is 0.0211. The molecule has 1 fully saturated rings. The van der Waals surface area contributed by atoms with Crippen molar-refractivity contribution in [2.45, 2.75) is 58.0 Å². The van der Waals surface area contributed by atoms with E-state index in [2.05, 4.69) is 18.6 Å². The minimum atomic E-state index is -1.19. The zero-order chi connectivity index (χ0) is 15.2. The molecule has 1 aliphatic carbocycles. The van der Waals surface area contributed by atoms with Crippen molar-refractivity contribution in [2.75, 3.05) is 14.2 Å². The highest BCUT2D eigenvalue weighted by Gasteiger charge is 2.51. The van der Waals surface area contributed by atoms with Gasteiger partial charge in [-0.15, -0.1) is 0 Å². The molecule has 0 amide bonds. The number of carbonyl (C=O) groups excluding carboxylic acids is 2. The second kappa shape index (κ2) is 7.50. The molecule has 0 aromatic carbocycles. The van der Waals surface area contributed by atoms with Gasteiger partial charge in [-0.1, -0.05) is 26.7 Å². The normalized spacial score (nSPS) is 18.6. The van der Waals surface area contributed by atoms with Gasteiger partial charge in [-0.05, 0) is 31.6 Å². The Kier molecular flexibility index (Phi) is 6.30. The molecule has 5 heteroatoms. The number of methoxy groups -OCH3 is 2. The molecule has 1 saturated carbocycles. The third-order valence-corrected chi connectivity index (χ3v) is 4.07. The molecule has 0 aliphatic heterocycles. The van der Waals surface area contributed by atoms with Gasteiger partial charge in [0.25, 0.3) is 0 Å². The lowest BCUT2D eigenvalue weighted by molar-refractivity contribution is -0.173. The van der Waals surface area contributed by atoms with Gasteiger partial charge in [-0.25, -0.2) is 9.59 Å². The SMILES string of the molecule is COC(=O)OC(CCC(C)C)(C(=O)OC)C1CCCC1. The Balaban J connectivity index is 3.01. The fraction of sp³-hybridized carbons (Fsp3) is 0.867. The Bertz CT molecular complexity index is 333. The van der Waals surface area contributed by atoms with Crippen molar-refractivity contribution in [1.29, 1.82) is 0 Å². The number of ether oxygens (including phenoxy) is 3. The first-order valence-corrected chi connectivity index (χ1v) is 7.31. The van der Waals surface area contributed by atoms with Crippen LogP contribution in [0.5, 0.6) is 0 Å². The van der Waals surface area contributed by atoms with Crippen LogP contribution in [0.3, 0.4) is 0 Å². The Morgan fingerprint density at radius 3 is 2.20 bits per heavy atom. The summed E-state index contributed by atoms with van der Waals surface area (Å²) in [5, 5.41) is 0. The molecule has 0 heterocycles. The highest BCUT2D eigenvalue weighted by atomic mass is 16.7. The smallest absolute Gasteiger partial charge is 0.466 e. The van der Waals surface area contributed by atoms with Crippen LogP contribution in [0.1, 0.15) is 52.4 Å². The summed E-state index contributed by atoms with van der Waals surface area (Å²) in [5.41, 5.74) is -1.19. The summed E-state index contributed by atoms with van der Waals surface area (Å²) in [6, 6.07) is 0. The molecule has 5 nitrogen and oxygen atoms in total. The largest absolute Gasteiger partial charge is 0.509 e. The zero-order valence-corrected chi connectivity index (χ0v) is 12.9. The van der Waals surface area contributed by atoms with Crippen molar-refractivity contribution in [3.8, 4) is 0 Å². The maximum atomic E-state index is 12.3. The minimum Gasteiger partial charge on any atom is -0.466 e. The average Bonchev–Trinajstić information content (AvgIpc) is 2.96. The van der Waals surface area contributed by atoms with Crippen molar-refractivity contribution >= 4 is 12.1 Å². The maximum absolute atomic E-state index is 12.3. The Hall–Kier alpha value is -1.26. The molecule has 20 heavy (non-hydrogen) atoms. The van der Waals surface area contributed by atoms with Crippen molar-refractivity contribution in [1.82, 2.24) is 0 Å². The molecule has 0 aromatic rings. The van der Waals surface area contributed by atoms with Gasteiger partial charge < -0.3 is 14.2 Å². The average molecular weight is 286 g/mol. The first-order chi connectivity index (χ1) is 9.46. The van der Waals surface area contributed by atoms with E-state index in [-0.39, 0.29) is 5.92 Å². The third kappa shape index (κ3) is 3.87. The molecule has 0 aromatic heterocycles. The molecule has 0 bridgehead atoms. The Labute approximate surface area is 121 Å². The van der Waals surface area contributed by atoms with E-state index in [1.54, 1.807) is 0 Å². The van der Waals surface area contributed by atoms with Crippen molar-refractivity contribution in [2.24, 2.45) is 11.8 Å². The van der Waals surface area contributed by atoms with Crippen LogP contribution in [0, 0.1) is 11.8 Å². The lowest BCUT2D eigenvalue weighted by atomic mass is 9.80. The standard InChI is InChI=1S/C15H26O5/c1-11(2)9-10-15(13(16)18-3,20-14(17)19-4)12-7-5-6-8-12/h11-12H,5-10H2,1-4H3. The van der Waals surface area contributed by atoms with Gasteiger partial charge in [0.15, 0.2) is 0 Å². The lowest BCUT2D eigenvalue weighted by Crippen LogP contribution is -2.50. The zero-order valence-electron chi connectivity index (χ0n) is 12.9. The van der Waals surface area contributed by atoms with Crippen LogP contribution < -0.4 is 0 Å². The Morgan fingerprint density at radius 2 is 1.75 bits per heavy atom. The quantitative estimate of drug-likeness (QED) is 0.701. The van der Waals surface area contributed by atoms with Gasteiger partial charge >= 0.3 is 12.1 Å². The van der Waals surface area contributed by atoms with E-state index in [0.29, 0.717) is 12.3 Å². The topological polar surface area (TPSA) is 61.8 Å². The van der Waals surface area contributed by atoms with Crippen LogP contribution in [0.2, 0.25) is 0 Å². The first kappa shape index (κ1) is 16.8. The van der Waals surface area contributed by atoms with E-state index < -0.39 is 17.7 Å². The summed E-state index contributed by atoms with van der Waals surface area (Å²) in [5.74, 6) is -0.0232. The summed E-state index contributed by atoms with van der Waals surface area (Å²) in [4.78, 5) is 23.9. The molecule has 1 rings (SSSR count). The van der Waals surface area contributed by atoms with Crippen LogP contribution in [0.4, 0.5) is 4.79 Å². The molecule has 0 N–H and O–H groups in total. The molecule has 116 valence electrons. The maximum Gasteiger partial charge on any atom is 0.509 e. The molecule has 0 spiro atoms.